The smallest absolute Gasteiger partial charge is 0.343 e. The second kappa shape index (κ2) is 15.0. The molecule has 0 saturated carbocycles. The van der Waals surface area contributed by atoms with Crippen LogP contribution in [0.2, 0.25) is 0 Å². The second-order valence-corrected chi connectivity index (χ2v) is 11.0. The van der Waals surface area contributed by atoms with Crippen molar-refractivity contribution in [2.75, 3.05) is 18.5 Å². The van der Waals surface area contributed by atoms with Crippen LogP contribution in [0.15, 0.2) is 103 Å². The van der Waals surface area contributed by atoms with Crippen LogP contribution >= 0.6 is 0 Å². The Morgan fingerprint density at radius 3 is 2.11 bits per heavy atom. The van der Waals surface area contributed by atoms with Gasteiger partial charge in [-0.1, -0.05) is 61.2 Å². The van der Waals surface area contributed by atoms with E-state index in [1.165, 1.54) is 0 Å². The molecule has 1 aliphatic carbocycles. The van der Waals surface area contributed by atoms with Crippen molar-refractivity contribution in [2.24, 2.45) is 0 Å². The Balaban J connectivity index is 1.13. The van der Waals surface area contributed by atoms with Gasteiger partial charge in [-0.25, -0.2) is 9.59 Å². The van der Waals surface area contributed by atoms with Crippen LogP contribution in [0.4, 0.5) is 5.69 Å². The van der Waals surface area contributed by atoms with Gasteiger partial charge in [0.15, 0.2) is 11.6 Å². The minimum Gasteiger partial charge on any atom is -0.494 e. The molecule has 0 atom stereocenters. The number of unbranched alkanes of at least 4 members (excludes halogenated alkanes) is 3. The molecule has 4 aromatic carbocycles. The lowest BCUT2D eigenvalue weighted by atomic mass is 9.83. The minimum absolute atomic E-state index is 0.185. The van der Waals surface area contributed by atoms with Crippen LogP contribution in [0.5, 0.6) is 11.5 Å². The summed E-state index contributed by atoms with van der Waals surface area (Å²) in [4.78, 5) is 50.8. The van der Waals surface area contributed by atoms with Gasteiger partial charge in [0.05, 0.1) is 24.3 Å². The highest BCUT2D eigenvalue weighted by Gasteiger charge is 2.31. The zero-order valence-electron chi connectivity index (χ0n) is 25.7. The predicted octanol–water partition coefficient (Wildman–Crippen LogP) is 7.35. The number of hydrogen-bond donors (Lipinski definition) is 1. The molecule has 46 heavy (non-hydrogen) atoms. The first kappa shape index (κ1) is 31.9. The Bertz CT molecular complexity index is 1770. The van der Waals surface area contributed by atoms with Crippen molar-refractivity contribution in [3.05, 3.63) is 137 Å². The van der Waals surface area contributed by atoms with Crippen LogP contribution in [-0.4, -0.2) is 36.7 Å². The number of anilines is 1. The van der Waals surface area contributed by atoms with E-state index in [1.54, 1.807) is 85.8 Å². The summed E-state index contributed by atoms with van der Waals surface area (Å²) in [7, 11) is 0. The first-order valence-electron chi connectivity index (χ1n) is 15.2. The fraction of sp³-hybridized carbons (Fsp3) is 0.211. The molecule has 0 amide bonds. The number of rotatable bonds is 14. The predicted molar refractivity (Wildman–Crippen MR) is 175 cm³/mol. The fourth-order valence-electron chi connectivity index (χ4n) is 5.11. The maximum absolute atomic E-state index is 13.4. The molecule has 0 aromatic heterocycles. The van der Waals surface area contributed by atoms with E-state index < -0.39 is 5.97 Å². The van der Waals surface area contributed by atoms with Crippen LogP contribution in [0.3, 0.4) is 0 Å². The van der Waals surface area contributed by atoms with E-state index >= 15 is 0 Å². The lowest BCUT2D eigenvalue weighted by Crippen LogP contribution is -2.22. The van der Waals surface area contributed by atoms with Crippen LogP contribution < -0.4 is 14.8 Å². The lowest BCUT2D eigenvalue weighted by molar-refractivity contribution is -0.139. The monoisotopic (exact) mass is 617 g/mol. The average Bonchev–Trinajstić information content (AvgIpc) is 3.07. The van der Waals surface area contributed by atoms with Gasteiger partial charge < -0.3 is 19.5 Å². The topological polar surface area (TPSA) is 108 Å². The van der Waals surface area contributed by atoms with E-state index in [9.17, 15) is 19.2 Å². The summed E-state index contributed by atoms with van der Waals surface area (Å²) in [5.74, 6) is -0.232. The van der Waals surface area contributed by atoms with Gasteiger partial charge in [-0.2, -0.15) is 0 Å². The SMILES string of the molecule is C=C(C)C(=O)OCCCCCCOc1ccc(C(=O)Oc2ccccc2CNc2cccc3c2C(=O)c2ccccc2C3=O)cc1. The molecule has 8 nitrogen and oxygen atoms in total. The van der Waals surface area contributed by atoms with Crippen molar-refractivity contribution in [1.29, 1.82) is 0 Å². The van der Waals surface area contributed by atoms with E-state index in [0.29, 0.717) is 69.4 Å². The van der Waals surface area contributed by atoms with Crippen LogP contribution in [0.25, 0.3) is 0 Å². The molecular weight excluding hydrogens is 582 g/mol. The Hall–Kier alpha value is -5.50. The summed E-state index contributed by atoms with van der Waals surface area (Å²) in [5, 5.41) is 3.27. The summed E-state index contributed by atoms with van der Waals surface area (Å²) < 4.78 is 16.6. The number of para-hydroxylation sites is 1. The molecular formula is C38H35NO7. The zero-order valence-corrected chi connectivity index (χ0v) is 25.7. The maximum atomic E-state index is 13.4. The average molecular weight is 618 g/mol. The van der Waals surface area contributed by atoms with Crippen LogP contribution in [0.1, 0.15) is 80.4 Å². The summed E-state index contributed by atoms with van der Waals surface area (Å²) in [6.45, 7) is 6.37. The van der Waals surface area contributed by atoms with E-state index in [2.05, 4.69) is 11.9 Å². The normalized spacial score (nSPS) is 11.7. The molecule has 0 heterocycles. The Morgan fingerprint density at radius 2 is 1.37 bits per heavy atom. The first-order valence-corrected chi connectivity index (χ1v) is 15.2. The summed E-state index contributed by atoms with van der Waals surface area (Å²) in [6.07, 6.45) is 3.51. The highest BCUT2D eigenvalue weighted by Crippen LogP contribution is 2.32. The van der Waals surface area contributed by atoms with Crippen LogP contribution in [-0.2, 0) is 16.1 Å². The standard InChI is InChI=1S/C38H35NO7/c1-25(2)37(42)45-23-10-4-3-9-22-44-28-20-18-26(19-21-28)38(43)46-33-17-8-5-12-27(33)24-39-32-16-11-15-31-34(32)36(41)30-14-7-6-13-29(30)35(31)40/h5-8,11-21,39H,1,3-4,9-10,22-24H2,2H3. The third-order valence-corrected chi connectivity index (χ3v) is 7.58. The number of esters is 2. The molecule has 0 fully saturated rings. The van der Waals surface area contributed by atoms with Crippen molar-refractivity contribution in [3.63, 3.8) is 0 Å². The van der Waals surface area contributed by atoms with Gasteiger partial charge in [0.25, 0.3) is 0 Å². The fourth-order valence-corrected chi connectivity index (χ4v) is 5.11. The Morgan fingerprint density at radius 1 is 0.717 bits per heavy atom. The molecule has 8 heteroatoms. The maximum Gasteiger partial charge on any atom is 0.343 e. The molecule has 234 valence electrons. The molecule has 5 rings (SSSR count). The molecule has 1 aliphatic rings. The van der Waals surface area contributed by atoms with Gasteiger partial charge >= 0.3 is 11.9 Å². The Labute approximate surface area is 268 Å². The van der Waals surface area contributed by atoms with Gasteiger partial charge in [0, 0.05) is 40.1 Å². The van der Waals surface area contributed by atoms with Crippen molar-refractivity contribution in [2.45, 2.75) is 39.2 Å². The highest BCUT2D eigenvalue weighted by atomic mass is 16.5. The minimum atomic E-state index is -0.513. The van der Waals surface area contributed by atoms with Gasteiger partial charge in [-0.05, 0) is 69.0 Å². The van der Waals surface area contributed by atoms with Crippen LogP contribution in [0, 0.1) is 0 Å². The number of fused-ring (bicyclic) bond motifs is 2. The van der Waals surface area contributed by atoms with Gasteiger partial charge in [-0.3, -0.25) is 9.59 Å². The quantitative estimate of drug-likeness (QED) is 0.0596. The second-order valence-electron chi connectivity index (χ2n) is 11.0. The summed E-state index contributed by atoms with van der Waals surface area (Å²) in [6, 6.07) is 25.9. The third kappa shape index (κ3) is 7.58. The van der Waals surface area contributed by atoms with E-state index in [0.717, 1.165) is 25.7 Å². The molecule has 0 bridgehead atoms. The highest BCUT2D eigenvalue weighted by molar-refractivity contribution is 6.30. The third-order valence-electron chi connectivity index (χ3n) is 7.58. The molecule has 0 spiro atoms. The number of hydrogen-bond acceptors (Lipinski definition) is 8. The number of ketones is 2. The van der Waals surface area contributed by atoms with Crippen molar-refractivity contribution < 1.29 is 33.4 Å². The van der Waals surface area contributed by atoms with Gasteiger partial charge in [0.1, 0.15) is 11.5 Å². The molecule has 0 saturated heterocycles. The van der Waals surface area contributed by atoms with E-state index in [1.807, 2.05) is 12.1 Å². The molecule has 0 aliphatic heterocycles. The summed E-state index contributed by atoms with van der Waals surface area (Å²) in [5.41, 5.74) is 3.50. The number of nitrogens with one attached hydrogen (secondary N) is 1. The molecule has 0 radical (unpaired) electrons. The molecule has 4 aromatic rings. The number of carbonyl (C=O) groups is 4. The zero-order chi connectivity index (χ0) is 32.5. The van der Waals surface area contributed by atoms with Crippen molar-refractivity contribution in [1.82, 2.24) is 0 Å². The lowest BCUT2D eigenvalue weighted by Gasteiger charge is -2.21. The molecule has 0 unspecified atom stereocenters. The van der Waals surface area contributed by atoms with Gasteiger partial charge in [-0.15, -0.1) is 0 Å². The van der Waals surface area contributed by atoms with E-state index in [4.69, 9.17) is 14.2 Å². The first-order chi connectivity index (χ1) is 22.3. The van der Waals surface area contributed by atoms with Crippen molar-refractivity contribution in [3.8, 4) is 11.5 Å². The van der Waals surface area contributed by atoms with E-state index in [-0.39, 0.29) is 24.1 Å². The molecule has 1 N–H and O–H groups in total. The number of benzene rings is 4. The Kier molecular flexibility index (Phi) is 10.4. The summed E-state index contributed by atoms with van der Waals surface area (Å²) >= 11 is 0. The number of carbonyl (C=O) groups excluding carboxylic acids is 4. The van der Waals surface area contributed by atoms with Gasteiger partial charge in [0.2, 0.25) is 0 Å². The van der Waals surface area contributed by atoms with Crippen molar-refractivity contribution >= 4 is 29.2 Å². The largest absolute Gasteiger partial charge is 0.494 e. The number of ether oxygens (including phenoxy) is 3.